The van der Waals surface area contributed by atoms with Crippen LogP contribution in [0.5, 0.6) is 0 Å². The SMILES string of the molecule is Cc1nn(C)c(C)c1N(CC1CC1)[S@+]([O-])c1c(Cl)cc(Br)cc1Cl. The third kappa shape index (κ3) is 3.58. The molecule has 0 saturated heterocycles. The number of nitrogens with zero attached hydrogens (tertiary/aromatic N) is 3. The normalized spacial score (nSPS) is 15.6. The van der Waals surface area contributed by atoms with Crippen LogP contribution in [0.25, 0.3) is 0 Å². The van der Waals surface area contributed by atoms with Gasteiger partial charge in [0.2, 0.25) is 4.90 Å². The molecule has 0 unspecified atom stereocenters. The Labute approximate surface area is 163 Å². The highest BCUT2D eigenvalue weighted by Gasteiger charge is 2.36. The van der Waals surface area contributed by atoms with Gasteiger partial charge in [-0.2, -0.15) is 9.40 Å². The third-order valence-electron chi connectivity index (χ3n) is 4.18. The Bertz CT molecular complexity index is 756. The lowest BCUT2D eigenvalue weighted by atomic mass is 10.3. The van der Waals surface area contributed by atoms with E-state index in [1.165, 1.54) is 0 Å². The van der Waals surface area contributed by atoms with Crippen molar-refractivity contribution < 1.29 is 4.55 Å². The molecule has 0 bridgehead atoms. The second-order valence-electron chi connectivity index (χ2n) is 6.10. The van der Waals surface area contributed by atoms with E-state index in [1.54, 1.807) is 12.1 Å². The molecule has 1 fully saturated rings. The molecule has 4 nitrogen and oxygen atoms in total. The number of hydrogen-bond acceptors (Lipinski definition) is 3. The first-order valence-electron chi connectivity index (χ1n) is 7.63. The van der Waals surface area contributed by atoms with Crippen molar-refractivity contribution >= 4 is 56.2 Å². The minimum atomic E-state index is -1.50. The molecule has 2 aromatic rings. The van der Waals surface area contributed by atoms with Crippen LogP contribution in [0.3, 0.4) is 0 Å². The van der Waals surface area contributed by atoms with E-state index in [0.717, 1.165) is 34.4 Å². The van der Waals surface area contributed by atoms with Crippen LogP contribution in [0.4, 0.5) is 5.69 Å². The summed E-state index contributed by atoms with van der Waals surface area (Å²) in [4.78, 5) is 0.449. The molecule has 0 N–H and O–H groups in total. The predicted molar refractivity (Wildman–Crippen MR) is 103 cm³/mol. The van der Waals surface area contributed by atoms with E-state index in [0.29, 0.717) is 27.4 Å². The zero-order valence-corrected chi connectivity index (χ0v) is 17.6. The maximum Gasteiger partial charge on any atom is 0.217 e. The number of rotatable bonds is 5. The molecule has 0 aliphatic heterocycles. The highest BCUT2D eigenvalue weighted by atomic mass is 79.9. The number of hydrogen-bond donors (Lipinski definition) is 0. The van der Waals surface area contributed by atoms with Crippen molar-refractivity contribution in [3.63, 3.8) is 0 Å². The van der Waals surface area contributed by atoms with Crippen molar-refractivity contribution in [2.75, 3.05) is 10.8 Å². The maximum absolute atomic E-state index is 13.4. The van der Waals surface area contributed by atoms with Crippen LogP contribution in [-0.2, 0) is 18.4 Å². The average molecular weight is 451 g/mol. The fourth-order valence-electron chi connectivity index (χ4n) is 2.71. The molecule has 24 heavy (non-hydrogen) atoms. The smallest absolute Gasteiger partial charge is 0.217 e. The Hall–Kier alpha value is -0.400. The van der Waals surface area contributed by atoms with E-state index in [-0.39, 0.29) is 0 Å². The van der Waals surface area contributed by atoms with E-state index in [9.17, 15) is 4.55 Å². The second kappa shape index (κ2) is 7.08. The summed E-state index contributed by atoms with van der Waals surface area (Å²) in [5.74, 6) is 0.556. The van der Waals surface area contributed by atoms with Crippen LogP contribution in [0, 0.1) is 19.8 Å². The minimum Gasteiger partial charge on any atom is -0.588 e. The van der Waals surface area contributed by atoms with Gasteiger partial charge in [-0.1, -0.05) is 39.1 Å². The fraction of sp³-hybridized carbons (Fsp3) is 0.438. The number of aryl methyl sites for hydroxylation is 2. The fourth-order valence-corrected chi connectivity index (χ4v) is 5.76. The lowest BCUT2D eigenvalue weighted by molar-refractivity contribution is 0.587. The van der Waals surface area contributed by atoms with Crippen LogP contribution >= 0.6 is 39.1 Å². The first-order chi connectivity index (χ1) is 11.3. The van der Waals surface area contributed by atoms with Crippen LogP contribution in [0.1, 0.15) is 24.2 Å². The van der Waals surface area contributed by atoms with Crippen molar-refractivity contribution in [2.24, 2.45) is 13.0 Å². The van der Waals surface area contributed by atoms with Gasteiger partial charge in [0.1, 0.15) is 27.1 Å². The molecule has 1 heterocycles. The molecule has 130 valence electrons. The molecule has 1 aliphatic rings. The molecule has 1 saturated carbocycles. The predicted octanol–water partition coefficient (Wildman–Crippen LogP) is 5.05. The highest BCUT2D eigenvalue weighted by Crippen LogP contribution is 2.40. The van der Waals surface area contributed by atoms with E-state index in [4.69, 9.17) is 23.2 Å². The molecule has 1 aromatic heterocycles. The van der Waals surface area contributed by atoms with Crippen molar-refractivity contribution in [3.05, 3.63) is 38.0 Å². The van der Waals surface area contributed by atoms with E-state index in [2.05, 4.69) is 21.0 Å². The van der Waals surface area contributed by atoms with Gasteiger partial charge in [-0.3, -0.25) is 4.68 Å². The van der Waals surface area contributed by atoms with Gasteiger partial charge >= 0.3 is 0 Å². The number of anilines is 1. The van der Waals surface area contributed by atoms with Gasteiger partial charge in [0.05, 0.1) is 17.9 Å². The first-order valence-corrected chi connectivity index (χ1v) is 10.3. The zero-order chi connectivity index (χ0) is 17.6. The second-order valence-corrected chi connectivity index (χ2v) is 9.17. The average Bonchev–Trinajstić information content (AvgIpc) is 3.24. The molecular formula is C16H18BrCl2N3OS. The van der Waals surface area contributed by atoms with Crippen LogP contribution in [-0.4, -0.2) is 20.9 Å². The molecule has 1 aliphatic carbocycles. The number of aromatic nitrogens is 2. The van der Waals surface area contributed by atoms with Gasteiger partial charge in [-0.25, -0.2) is 0 Å². The van der Waals surface area contributed by atoms with Crippen molar-refractivity contribution in [2.45, 2.75) is 31.6 Å². The number of benzene rings is 1. The lowest BCUT2D eigenvalue weighted by Gasteiger charge is -2.27. The van der Waals surface area contributed by atoms with Gasteiger partial charge in [-0.15, -0.1) is 0 Å². The first kappa shape index (κ1) is 18.4. The molecule has 3 rings (SSSR count). The summed E-state index contributed by atoms with van der Waals surface area (Å²) in [7, 11) is 1.89. The molecular weight excluding hydrogens is 433 g/mol. The van der Waals surface area contributed by atoms with Gasteiger partial charge < -0.3 is 4.55 Å². The third-order valence-corrected chi connectivity index (χ3v) is 6.98. The summed E-state index contributed by atoms with van der Waals surface area (Å²) in [6, 6.07) is 3.44. The van der Waals surface area contributed by atoms with Crippen molar-refractivity contribution in [1.82, 2.24) is 9.78 Å². The largest absolute Gasteiger partial charge is 0.588 e. The van der Waals surface area contributed by atoms with Crippen molar-refractivity contribution in [3.8, 4) is 0 Å². The van der Waals surface area contributed by atoms with E-state index < -0.39 is 11.4 Å². The Morgan fingerprint density at radius 2 is 1.92 bits per heavy atom. The Morgan fingerprint density at radius 3 is 2.38 bits per heavy atom. The zero-order valence-electron chi connectivity index (χ0n) is 13.6. The van der Waals surface area contributed by atoms with Gasteiger partial charge in [0, 0.05) is 11.5 Å². The summed E-state index contributed by atoms with van der Waals surface area (Å²) in [6.45, 7) is 4.63. The Morgan fingerprint density at radius 1 is 1.33 bits per heavy atom. The lowest BCUT2D eigenvalue weighted by Crippen LogP contribution is -2.34. The molecule has 0 spiro atoms. The van der Waals surface area contributed by atoms with Gasteiger partial charge in [0.15, 0.2) is 0 Å². The Balaban J connectivity index is 2.06. The highest BCUT2D eigenvalue weighted by molar-refractivity contribution is 9.10. The molecule has 8 heteroatoms. The van der Waals surface area contributed by atoms with Crippen LogP contribution < -0.4 is 4.31 Å². The number of halogens is 3. The standard InChI is InChI=1S/C16H18BrCl2N3OS/c1-9-15(10(2)21(3)20-9)22(8-11-4-5-11)24(23)16-13(18)6-12(17)7-14(16)19/h6-7,11H,4-5,8H2,1-3H3/t24-/m1/s1. The molecule has 0 amide bonds. The van der Waals surface area contributed by atoms with Crippen molar-refractivity contribution in [1.29, 1.82) is 0 Å². The van der Waals surface area contributed by atoms with E-state index in [1.807, 2.05) is 29.9 Å². The summed E-state index contributed by atoms with van der Waals surface area (Å²) in [6.07, 6.45) is 2.32. The van der Waals surface area contributed by atoms with Crippen LogP contribution in [0.2, 0.25) is 10.0 Å². The monoisotopic (exact) mass is 449 g/mol. The Kier molecular flexibility index (Phi) is 5.42. The van der Waals surface area contributed by atoms with Crippen LogP contribution in [0.15, 0.2) is 21.5 Å². The summed E-state index contributed by atoms with van der Waals surface area (Å²) >= 11 is 14.6. The summed E-state index contributed by atoms with van der Waals surface area (Å²) in [5.41, 5.74) is 2.73. The van der Waals surface area contributed by atoms with E-state index >= 15 is 0 Å². The molecule has 1 aromatic carbocycles. The molecule has 0 radical (unpaired) electrons. The topological polar surface area (TPSA) is 44.1 Å². The summed E-state index contributed by atoms with van der Waals surface area (Å²) in [5, 5.41) is 5.25. The minimum absolute atomic E-state index is 0.396. The molecule has 1 atom stereocenters. The quantitative estimate of drug-likeness (QED) is 0.599. The van der Waals surface area contributed by atoms with Gasteiger partial charge in [-0.05, 0) is 44.7 Å². The summed E-state index contributed by atoms with van der Waals surface area (Å²) < 4.78 is 17.9. The van der Waals surface area contributed by atoms with Gasteiger partial charge in [0.25, 0.3) is 0 Å². The maximum atomic E-state index is 13.4.